The van der Waals surface area contributed by atoms with Crippen molar-refractivity contribution in [2.75, 3.05) is 32.1 Å². The molecule has 40 heavy (non-hydrogen) atoms. The molecule has 4 rings (SSSR count). The largest absolute Gasteiger partial charge is 0.488 e. The molecule has 0 fully saturated rings. The van der Waals surface area contributed by atoms with Crippen LogP contribution in [0.3, 0.4) is 0 Å². The lowest BCUT2D eigenvalue weighted by Crippen LogP contribution is -2.50. The minimum absolute atomic E-state index is 0.0446. The van der Waals surface area contributed by atoms with Crippen LogP contribution in [0.15, 0.2) is 83.8 Å². The number of likely N-dealkylation sites (N-methyl/N-ethyl adjacent to an activating group) is 1. The standard InChI is InChI=1S/C30H35N3O6S/c1-21-18-33(22(2)20-34)30(36)26-17-24(31-29(35)16-23-10-6-4-7-11-23)14-15-27(26)39-28(21)19-32(3)40(37,38)25-12-8-5-9-13-25/h4-15,17,21-22,28,34H,16,18-20H2,1-3H3,(H,31,35)/t21-,22+,28+/m1/s1. The first-order valence-electron chi connectivity index (χ1n) is 13.2. The molecule has 3 aromatic rings. The molecule has 0 aliphatic carbocycles. The van der Waals surface area contributed by atoms with Gasteiger partial charge in [0.05, 0.1) is 36.1 Å². The van der Waals surface area contributed by atoms with E-state index < -0.39 is 22.2 Å². The number of carbonyl (C=O) groups is 2. The third kappa shape index (κ3) is 6.70. The van der Waals surface area contributed by atoms with E-state index in [2.05, 4.69) is 5.32 Å². The molecule has 10 heteroatoms. The fourth-order valence-corrected chi connectivity index (χ4v) is 5.83. The lowest BCUT2D eigenvalue weighted by molar-refractivity contribution is -0.115. The summed E-state index contributed by atoms with van der Waals surface area (Å²) in [5.74, 6) is -0.551. The van der Waals surface area contributed by atoms with Gasteiger partial charge in [0, 0.05) is 25.2 Å². The van der Waals surface area contributed by atoms with Crippen molar-refractivity contribution in [3.8, 4) is 5.75 Å². The van der Waals surface area contributed by atoms with Crippen LogP contribution in [0.4, 0.5) is 5.69 Å². The van der Waals surface area contributed by atoms with Crippen molar-refractivity contribution in [1.82, 2.24) is 9.21 Å². The fourth-order valence-electron chi connectivity index (χ4n) is 4.63. The number of benzene rings is 3. The minimum Gasteiger partial charge on any atom is -0.488 e. The number of nitrogens with one attached hydrogen (secondary N) is 1. The van der Waals surface area contributed by atoms with E-state index in [1.54, 1.807) is 60.4 Å². The highest BCUT2D eigenvalue weighted by Gasteiger charge is 2.35. The smallest absolute Gasteiger partial charge is 0.258 e. The van der Waals surface area contributed by atoms with E-state index in [4.69, 9.17) is 4.74 Å². The van der Waals surface area contributed by atoms with Crippen molar-refractivity contribution in [1.29, 1.82) is 0 Å². The maximum Gasteiger partial charge on any atom is 0.258 e. The second kappa shape index (κ2) is 12.6. The number of aliphatic hydroxyl groups excluding tert-OH is 1. The van der Waals surface area contributed by atoms with Gasteiger partial charge >= 0.3 is 0 Å². The van der Waals surface area contributed by atoms with Gasteiger partial charge in [0.25, 0.3) is 5.91 Å². The number of fused-ring (bicyclic) bond motifs is 1. The first-order chi connectivity index (χ1) is 19.1. The van der Waals surface area contributed by atoms with Crippen molar-refractivity contribution < 1.29 is 27.9 Å². The Morgan fingerprint density at radius 3 is 2.40 bits per heavy atom. The predicted octanol–water partition coefficient (Wildman–Crippen LogP) is 3.41. The highest BCUT2D eigenvalue weighted by Crippen LogP contribution is 2.31. The molecule has 2 amide bonds. The highest BCUT2D eigenvalue weighted by atomic mass is 32.2. The van der Waals surface area contributed by atoms with E-state index in [1.165, 1.54) is 11.4 Å². The summed E-state index contributed by atoms with van der Waals surface area (Å²) in [7, 11) is -2.26. The van der Waals surface area contributed by atoms with E-state index >= 15 is 0 Å². The molecule has 0 radical (unpaired) electrons. The summed E-state index contributed by atoms with van der Waals surface area (Å²) in [5.41, 5.74) is 1.52. The molecule has 9 nitrogen and oxygen atoms in total. The average Bonchev–Trinajstić information content (AvgIpc) is 2.95. The second-order valence-electron chi connectivity index (χ2n) is 10.1. The summed E-state index contributed by atoms with van der Waals surface area (Å²) in [4.78, 5) is 28.1. The Balaban J connectivity index is 1.62. The summed E-state index contributed by atoms with van der Waals surface area (Å²) >= 11 is 0. The topological polar surface area (TPSA) is 116 Å². The van der Waals surface area contributed by atoms with Crippen molar-refractivity contribution in [2.24, 2.45) is 5.92 Å². The normalized spacial score (nSPS) is 18.3. The molecule has 0 saturated carbocycles. The van der Waals surface area contributed by atoms with Crippen LogP contribution in [0.1, 0.15) is 29.8 Å². The molecule has 0 unspecified atom stereocenters. The number of hydrogen-bond acceptors (Lipinski definition) is 6. The maximum absolute atomic E-state index is 13.7. The third-order valence-electron chi connectivity index (χ3n) is 7.04. The Labute approximate surface area is 235 Å². The quantitative estimate of drug-likeness (QED) is 0.411. The van der Waals surface area contributed by atoms with Gasteiger partial charge in [-0.2, -0.15) is 4.31 Å². The molecule has 3 aromatic carbocycles. The predicted molar refractivity (Wildman–Crippen MR) is 153 cm³/mol. The van der Waals surface area contributed by atoms with Crippen LogP contribution in [0.5, 0.6) is 5.75 Å². The number of nitrogens with zero attached hydrogens (tertiary/aromatic N) is 2. The van der Waals surface area contributed by atoms with Crippen LogP contribution in [-0.4, -0.2) is 73.4 Å². The number of ether oxygens (including phenoxy) is 1. The van der Waals surface area contributed by atoms with E-state index in [0.29, 0.717) is 5.69 Å². The van der Waals surface area contributed by atoms with Crippen molar-refractivity contribution >= 4 is 27.5 Å². The Bertz CT molecular complexity index is 1430. The molecule has 0 saturated heterocycles. The Morgan fingerprint density at radius 2 is 1.75 bits per heavy atom. The number of sulfonamides is 1. The summed E-state index contributed by atoms with van der Waals surface area (Å²) in [6, 6.07) is 21.9. The van der Waals surface area contributed by atoms with Gasteiger partial charge in [0.2, 0.25) is 15.9 Å². The Morgan fingerprint density at radius 1 is 1.10 bits per heavy atom. The van der Waals surface area contributed by atoms with Crippen LogP contribution < -0.4 is 10.1 Å². The van der Waals surface area contributed by atoms with Gasteiger partial charge in [-0.05, 0) is 42.8 Å². The zero-order valence-electron chi connectivity index (χ0n) is 22.9. The lowest BCUT2D eigenvalue weighted by atomic mass is 9.99. The van der Waals surface area contributed by atoms with E-state index in [-0.39, 0.29) is 60.1 Å². The number of rotatable bonds is 9. The number of amides is 2. The molecule has 0 bridgehead atoms. The average molecular weight is 566 g/mol. The summed E-state index contributed by atoms with van der Waals surface area (Å²) in [6.45, 7) is 3.69. The van der Waals surface area contributed by atoms with Crippen LogP contribution in [-0.2, 0) is 21.2 Å². The third-order valence-corrected chi connectivity index (χ3v) is 8.88. The highest BCUT2D eigenvalue weighted by molar-refractivity contribution is 7.89. The molecule has 0 spiro atoms. The molecule has 1 heterocycles. The SMILES string of the molecule is C[C@@H]1CN([C@@H](C)CO)C(=O)c2cc(NC(=O)Cc3ccccc3)ccc2O[C@H]1CN(C)S(=O)(=O)c1ccccc1. The second-order valence-corrected chi connectivity index (χ2v) is 12.2. The zero-order chi connectivity index (χ0) is 28.9. The van der Waals surface area contributed by atoms with E-state index in [9.17, 15) is 23.1 Å². The maximum atomic E-state index is 13.7. The van der Waals surface area contributed by atoms with Gasteiger partial charge in [0.1, 0.15) is 11.9 Å². The van der Waals surface area contributed by atoms with Gasteiger partial charge in [-0.1, -0.05) is 55.5 Å². The van der Waals surface area contributed by atoms with Gasteiger partial charge in [-0.25, -0.2) is 8.42 Å². The van der Waals surface area contributed by atoms with Crippen LogP contribution in [0, 0.1) is 5.92 Å². The van der Waals surface area contributed by atoms with Crippen molar-refractivity contribution in [3.63, 3.8) is 0 Å². The monoisotopic (exact) mass is 565 g/mol. The number of aliphatic hydroxyl groups is 1. The Hall–Kier alpha value is -3.73. The zero-order valence-corrected chi connectivity index (χ0v) is 23.7. The van der Waals surface area contributed by atoms with Crippen LogP contribution >= 0.6 is 0 Å². The van der Waals surface area contributed by atoms with Crippen LogP contribution in [0.2, 0.25) is 0 Å². The number of hydrogen-bond donors (Lipinski definition) is 2. The molecule has 3 atom stereocenters. The molecule has 1 aliphatic rings. The number of anilines is 1. The molecule has 212 valence electrons. The van der Waals surface area contributed by atoms with Gasteiger partial charge in [-0.15, -0.1) is 0 Å². The fraction of sp³-hybridized carbons (Fsp3) is 0.333. The molecular weight excluding hydrogens is 530 g/mol. The molecule has 0 aromatic heterocycles. The first kappa shape index (κ1) is 29.3. The Kier molecular flexibility index (Phi) is 9.24. The minimum atomic E-state index is -3.77. The lowest BCUT2D eigenvalue weighted by Gasteiger charge is -2.38. The van der Waals surface area contributed by atoms with E-state index in [1.807, 2.05) is 37.3 Å². The molecule has 1 aliphatic heterocycles. The van der Waals surface area contributed by atoms with Crippen LogP contribution in [0.25, 0.3) is 0 Å². The summed E-state index contributed by atoms with van der Waals surface area (Å²) in [6.07, 6.45) is -0.417. The first-order valence-corrected chi connectivity index (χ1v) is 14.6. The molecular formula is C30H35N3O6S. The van der Waals surface area contributed by atoms with Gasteiger partial charge in [-0.3, -0.25) is 9.59 Å². The van der Waals surface area contributed by atoms with Gasteiger partial charge < -0.3 is 20.1 Å². The number of carbonyl (C=O) groups excluding carboxylic acids is 2. The molecule has 2 N–H and O–H groups in total. The summed E-state index contributed by atoms with van der Waals surface area (Å²) < 4.78 is 34.0. The summed E-state index contributed by atoms with van der Waals surface area (Å²) in [5, 5.41) is 12.7. The van der Waals surface area contributed by atoms with E-state index in [0.717, 1.165) is 5.56 Å². The van der Waals surface area contributed by atoms with Gasteiger partial charge in [0.15, 0.2) is 0 Å². The van der Waals surface area contributed by atoms with Crippen molar-refractivity contribution in [2.45, 2.75) is 37.3 Å². The van der Waals surface area contributed by atoms with Crippen molar-refractivity contribution in [3.05, 3.63) is 90.0 Å².